The number of alkyl halides is 3. The zero-order valence-electron chi connectivity index (χ0n) is 10.9. The van der Waals surface area contributed by atoms with Gasteiger partial charge >= 0.3 is 6.18 Å². The van der Waals surface area contributed by atoms with Crippen LogP contribution in [0.4, 0.5) is 13.2 Å². The molecule has 0 spiro atoms. The molecule has 0 bridgehead atoms. The average molecular weight is 296 g/mol. The van der Waals surface area contributed by atoms with Gasteiger partial charge in [0.2, 0.25) is 0 Å². The van der Waals surface area contributed by atoms with Crippen LogP contribution in [0.15, 0.2) is 30.5 Å². The van der Waals surface area contributed by atoms with Gasteiger partial charge in [-0.05, 0) is 19.1 Å². The highest BCUT2D eigenvalue weighted by atomic mass is 19.4. The minimum Gasteiger partial charge on any atom is -0.290 e. The molecule has 1 heterocycles. The fraction of sp³-hybridized carbons (Fsp3) is 0.154. The molecule has 21 heavy (non-hydrogen) atoms. The van der Waals surface area contributed by atoms with Gasteiger partial charge in [-0.25, -0.2) is 15.8 Å². The third-order valence-electron chi connectivity index (χ3n) is 2.80. The molecule has 0 aliphatic rings. The molecule has 0 atom stereocenters. The topological polar surface area (TPSA) is 80.9 Å². The van der Waals surface area contributed by atoms with Crippen molar-refractivity contribution < 1.29 is 18.0 Å². The Hall–Kier alpha value is -2.48. The van der Waals surface area contributed by atoms with Gasteiger partial charge in [0, 0.05) is 11.8 Å². The maximum absolute atomic E-state index is 12.7. The van der Waals surface area contributed by atoms with Crippen LogP contribution in [0.1, 0.15) is 21.6 Å². The zero-order chi connectivity index (χ0) is 15.6. The molecule has 0 saturated heterocycles. The molecular formula is C13H11F3N4O. The Morgan fingerprint density at radius 1 is 1.33 bits per heavy atom. The first kappa shape index (κ1) is 14.9. The maximum atomic E-state index is 12.7. The molecule has 1 aromatic carbocycles. The van der Waals surface area contributed by atoms with E-state index in [0.717, 1.165) is 12.1 Å². The zero-order valence-corrected chi connectivity index (χ0v) is 10.9. The van der Waals surface area contributed by atoms with Crippen LogP contribution in [0.25, 0.3) is 11.4 Å². The Bertz CT molecular complexity index is 685. The van der Waals surface area contributed by atoms with E-state index < -0.39 is 17.6 Å². The van der Waals surface area contributed by atoms with E-state index in [-0.39, 0.29) is 17.0 Å². The molecule has 2 aromatic rings. The van der Waals surface area contributed by atoms with Crippen LogP contribution >= 0.6 is 0 Å². The van der Waals surface area contributed by atoms with E-state index in [9.17, 15) is 18.0 Å². The number of nitrogens with two attached hydrogens (primary N) is 1. The second kappa shape index (κ2) is 5.49. The van der Waals surface area contributed by atoms with Gasteiger partial charge < -0.3 is 0 Å². The number of nitrogen functional groups attached to an aromatic ring is 1. The molecule has 0 saturated carbocycles. The number of nitrogens with zero attached hydrogens (tertiary/aromatic N) is 2. The molecule has 8 heteroatoms. The van der Waals surface area contributed by atoms with Gasteiger partial charge in [0.25, 0.3) is 5.91 Å². The first-order chi connectivity index (χ1) is 9.82. The number of carbonyl (C=O) groups excluding carboxylic acids is 1. The largest absolute Gasteiger partial charge is 0.416 e. The average Bonchev–Trinajstić information content (AvgIpc) is 2.45. The molecule has 0 radical (unpaired) electrons. The summed E-state index contributed by atoms with van der Waals surface area (Å²) in [7, 11) is 0. The number of amides is 1. The van der Waals surface area contributed by atoms with Crippen LogP contribution in [0.5, 0.6) is 0 Å². The quantitative estimate of drug-likeness (QED) is 0.505. The van der Waals surface area contributed by atoms with Crippen molar-refractivity contribution in [2.75, 3.05) is 0 Å². The van der Waals surface area contributed by atoms with E-state index in [4.69, 9.17) is 5.84 Å². The van der Waals surface area contributed by atoms with Crippen molar-refractivity contribution in [1.29, 1.82) is 0 Å². The molecule has 0 unspecified atom stereocenters. The van der Waals surface area contributed by atoms with Gasteiger partial charge in [-0.15, -0.1) is 0 Å². The van der Waals surface area contributed by atoms with Crippen LogP contribution in [-0.2, 0) is 6.18 Å². The van der Waals surface area contributed by atoms with E-state index >= 15 is 0 Å². The summed E-state index contributed by atoms with van der Waals surface area (Å²) < 4.78 is 38.0. The first-order valence-electron chi connectivity index (χ1n) is 5.85. The monoisotopic (exact) mass is 296 g/mol. The lowest BCUT2D eigenvalue weighted by Gasteiger charge is -2.09. The molecule has 2 rings (SSSR count). The van der Waals surface area contributed by atoms with Gasteiger partial charge in [0.15, 0.2) is 5.82 Å². The van der Waals surface area contributed by atoms with Crippen LogP contribution in [0.3, 0.4) is 0 Å². The van der Waals surface area contributed by atoms with Crippen molar-refractivity contribution in [1.82, 2.24) is 15.4 Å². The third kappa shape index (κ3) is 3.16. The molecule has 110 valence electrons. The lowest BCUT2D eigenvalue weighted by atomic mass is 10.1. The molecular weight excluding hydrogens is 285 g/mol. The molecule has 1 amide bonds. The normalized spacial score (nSPS) is 11.3. The molecule has 0 aliphatic heterocycles. The minimum absolute atomic E-state index is 0.104. The number of benzene rings is 1. The van der Waals surface area contributed by atoms with Crippen LogP contribution in [0.2, 0.25) is 0 Å². The number of hydrogen-bond donors (Lipinski definition) is 2. The predicted octanol–water partition coefficient (Wildman–Crippen LogP) is 2.07. The Balaban J connectivity index is 2.44. The van der Waals surface area contributed by atoms with Crippen molar-refractivity contribution >= 4 is 5.91 Å². The summed E-state index contributed by atoms with van der Waals surface area (Å²) in [5, 5.41) is 0. The van der Waals surface area contributed by atoms with Crippen molar-refractivity contribution in [3.8, 4) is 11.4 Å². The second-order valence-electron chi connectivity index (χ2n) is 4.24. The molecule has 0 fully saturated rings. The van der Waals surface area contributed by atoms with Gasteiger partial charge in [-0.1, -0.05) is 12.1 Å². The Labute approximate surface area is 118 Å². The van der Waals surface area contributed by atoms with Crippen molar-refractivity contribution in [3.05, 3.63) is 47.3 Å². The summed E-state index contributed by atoms with van der Waals surface area (Å²) >= 11 is 0. The van der Waals surface area contributed by atoms with Gasteiger partial charge in [0.05, 0.1) is 16.8 Å². The lowest BCUT2D eigenvalue weighted by molar-refractivity contribution is -0.137. The fourth-order valence-electron chi connectivity index (χ4n) is 1.74. The smallest absolute Gasteiger partial charge is 0.290 e. The standard InChI is InChI=1S/C13H11F3N4O/c1-7-10(12(21)20-17)6-18-11(19-7)8-3-2-4-9(5-8)13(14,15)16/h2-6H,17H2,1H3,(H,20,21). The summed E-state index contributed by atoms with van der Waals surface area (Å²) in [4.78, 5) is 19.4. The van der Waals surface area contributed by atoms with Gasteiger partial charge in [-0.2, -0.15) is 13.2 Å². The van der Waals surface area contributed by atoms with Crippen molar-refractivity contribution in [3.63, 3.8) is 0 Å². The van der Waals surface area contributed by atoms with E-state index in [1.54, 1.807) is 6.92 Å². The molecule has 5 nitrogen and oxygen atoms in total. The highest BCUT2D eigenvalue weighted by Crippen LogP contribution is 2.31. The van der Waals surface area contributed by atoms with Crippen LogP contribution in [0, 0.1) is 6.92 Å². The molecule has 1 aromatic heterocycles. The van der Waals surface area contributed by atoms with Crippen molar-refractivity contribution in [2.45, 2.75) is 13.1 Å². The highest BCUT2D eigenvalue weighted by Gasteiger charge is 2.30. The van der Waals surface area contributed by atoms with Crippen molar-refractivity contribution in [2.24, 2.45) is 5.84 Å². The van der Waals surface area contributed by atoms with E-state index in [1.165, 1.54) is 18.3 Å². The Morgan fingerprint density at radius 3 is 2.62 bits per heavy atom. The third-order valence-corrected chi connectivity index (χ3v) is 2.80. The van der Waals surface area contributed by atoms with E-state index in [0.29, 0.717) is 5.69 Å². The second-order valence-corrected chi connectivity index (χ2v) is 4.24. The number of rotatable bonds is 2. The summed E-state index contributed by atoms with van der Waals surface area (Å²) in [5.41, 5.74) is 1.85. The first-order valence-corrected chi connectivity index (χ1v) is 5.85. The van der Waals surface area contributed by atoms with E-state index in [2.05, 4.69) is 9.97 Å². The fourth-order valence-corrected chi connectivity index (χ4v) is 1.74. The number of hydrogen-bond acceptors (Lipinski definition) is 4. The SMILES string of the molecule is Cc1nc(-c2cccc(C(F)(F)F)c2)ncc1C(=O)NN. The molecule has 0 aliphatic carbocycles. The van der Waals surface area contributed by atoms with Crippen LogP contribution < -0.4 is 11.3 Å². The minimum atomic E-state index is -4.44. The Morgan fingerprint density at radius 2 is 2.05 bits per heavy atom. The predicted molar refractivity (Wildman–Crippen MR) is 68.9 cm³/mol. The summed E-state index contributed by atoms with van der Waals surface area (Å²) in [5.74, 6) is 4.55. The summed E-state index contributed by atoms with van der Waals surface area (Å²) in [6, 6.07) is 4.66. The number of carbonyl (C=O) groups is 1. The van der Waals surface area contributed by atoms with Gasteiger partial charge in [-0.3, -0.25) is 10.2 Å². The number of halogens is 3. The molecule has 3 N–H and O–H groups in total. The maximum Gasteiger partial charge on any atom is 0.416 e. The number of aryl methyl sites for hydroxylation is 1. The number of aromatic nitrogens is 2. The highest BCUT2D eigenvalue weighted by molar-refractivity contribution is 5.94. The van der Waals surface area contributed by atoms with Gasteiger partial charge in [0.1, 0.15) is 0 Å². The summed E-state index contributed by atoms with van der Waals surface area (Å²) in [6.45, 7) is 1.55. The summed E-state index contributed by atoms with van der Waals surface area (Å²) in [6.07, 6.45) is -3.22. The number of hydrazine groups is 1. The lowest BCUT2D eigenvalue weighted by Crippen LogP contribution is -2.31. The number of nitrogens with one attached hydrogen (secondary N) is 1. The van der Waals surface area contributed by atoms with E-state index in [1.807, 2.05) is 5.43 Å². The Kier molecular flexibility index (Phi) is 3.90. The van der Waals surface area contributed by atoms with Crippen LogP contribution in [-0.4, -0.2) is 15.9 Å².